The second-order valence-electron chi connectivity index (χ2n) is 10.4. The van der Waals surface area contributed by atoms with Crippen LogP contribution in [0.3, 0.4) is 0 Å². The normalized spacial score (nSPS) is 12.8. The summed E-state index contributed by atoms with van der Waals surface area (Å²) in [5.41, 5.74) is 7.21. The van der Waals surface area contributed by atoms with Crippen LogP contribution >= 0.6 is 11.8 Å². The van der Waals surface area contributed by atoms with Gasteiger partial charge in [-0.2, -0.15) is 0 Å². The Morgan fingerprint density at radius 1 is 0.884 bits per heavy atom. The number of nitrogens with one attached hydrogen (secondary N) is 1. The molecule has 0 aliphatic heterocycles. The molecule has 0 radical (unpaired) electrons. The maximum absolute atomic E-state index is 13.1. The molecule has 4 N–H and O–H groups in total. The Hall–Kier alpha value is -3.38. The highest BCUT2D eigenvalue weighted by Crippen LogP contribution is 2.37. The zero-order chi connectivity index (χ0) is 31.0. The average molecular weight is 615 g/mol. The first kappa shape index (κ1) is 34.1. The average Bonchev–Trinajstić information content (AvgIpc) is 2.98. The van der Waals surface area contributed by atoms with Crippen LogP contribution in [0, 0.1) is 5.92 Å². The molecule has 0 unspecified atom stereocenters. The molecular weight excluding hydrogens is 572 g/mol. The molecule has 2 aromatic carbocycles. The Morgan fingerprint density at radius 3 is 2.19 bits per heavy atom. The van der Waals surface area contributed by atoms with Gasteiger partial charge in [0.05, 0.1) is 45.2 Å². The molecule has 3 rings (SSSR count). The van der Waals surface area contributed by atoms with E-state index in [9.17, 15) is 19.5 Å². The van der Waals surface area contributed by atoms with Crippen LogP contribution in [0.4, 0.5) is 4.79 Å². The number of carbonyl (C=O) groups is 3. The highest BCUT2D eigenvalue weighted by molar-refractivity contribution is 8.13. The molecule has 0 amide bonds. The van der Waals surface area contributed by atoms with Gasteiger partial charge in [0.2, 0.25) is 0 Å². The van der Waals surface area contributed by atoms with Crippen molar-refractivity contribution in [2.45, 2.75) is 44.4 Å². The number of benzene rings is 2. The van der Waals surface area contributed by atoms with Crippen molar-refractivity contribution in [3.8, 4) is 5.75 Å². The molecule has 43 heavy (non-hydrogen) atoms. The Kier molecular flexibility index (Phi) is 14.5. The summed E-state index contributed by atoms with van der Waals surface area (Å²) in [6.45, 7) is 7.51. The number of hydrogen-bond acceptors (Lipinski definition) is 11. The topological polar surface area (TPSA) is 146 Å². The number of ketones is 2. The van der Waals surface area contributed by atoms with Crippen LogP contribution in [0.25, 0.3) is 0 Å². The second-order valence-corrected chi connectivity index (χ2v) is 11.4. The molecule has 1 aliphatic rings. The number of nitrogens with two attached hydrogens (primary N) is 1. The lowest BCUT2D eigenvalue weighted by molar-refractivity contribution is 0.00782. The lowest BCUT2D eigenvalue weighted by Crippen LogP contribution is -2.22. The molecule has 234 valence electrons. The second kappa shape index (κ2) is 18.3. The van der Waals surface area contributed by atoms with E-state index in [0.717, 1.165) is 36.2 Å². The van der Waals surface area contributed by atoms with Crippen LogP contribution in [0.2, 0.25) is 0 Å². The largest absolute Gasteiger partial charge is 0.507 e. The molecule has 10 nitrogen and oxygen atoms in total. The predicted molar refractivity (Wildman–Crippen MR) is 165 cm³/mol. The molecule has 0 bridgehead atoms. The van der Waals surface area contributed by atoms with Crippen LogP contribution in [0.5, 0.6) is 5.75 Å². The number of carbonyl (C=O) groups excluding carboxylic acids is 3. The van der Waals surface area contributed by atoms with E-state index >= 15 is 0 Å². The molecule has 0 spiro atoms. The molecule has 1 aliphatic carbocycles. The Balaban J connectivity index is 1.21. The molecule has 0 saturated carbocycles. The van der Waals surface area contributed by atoms with Crippen LogP contribution in [0.15, 0.2) is 53.2 Å². The van der Waals surface area contributed by atoms with Crippen molar-refractivity contribution in [1.29, 1.82) is 0 Å². The van der Waals surface area contributed by atoms with Gasteiger partial charge in [0.1, 0.15) is 12.4 Å². The van der Waals surface area contributed by atoms with Gasteiger partial charge in [-0.15, -0.1) is 0 Å². The van der Waals surface area contributed by atoms with E-state index in [2.05, 4.69) is 19.2 Å². The van der Waals surface area contributed by atoms with Crippen molar-refractivity contribution in [2.75, 3.05) is 52.8 Å². The number of phenolic OH excluding ortho intramolecular Hbond substituents is 1. The van der Waals surface area contributed by atoms with Crippen LogP contribution in [0.1, 0.15) is 71.4 Å². The number of thioether (sulfide) groups is 1. The van der Waals surface area contributed by atoms with Crippen molar-refractivity contribution in [3.05, 3.63) is 70.5 Å². The zero-order valence-corrected chi connectivity index (χ0v) is 25.7. The Morgan fingerprint density at radius 2 is 1.49 bits per heavy atom. The fourth-order valence-electron chi connectivity index (χ4n) is 4.41. The third kappa shape index (κ3) is 11.0. The minimum absolute atomic E-state index is 0.0248. The summed E-state index contributed by atoms with van der Waals surface area (Å²) in [6, 6.07) is 9.02. The molecule has 0 saturated heterocycles. The molecule has 0 heterocycles. The lowest BCUT2D eigenvalue weighted by atomic mass is 9.83. The number of ether oxygens (including phenoxy) is 4. The molecule has 0 atom stereocenters. The molecular formula is C32H42N2O8S. The third-order valence-corrected chi connectivity index (χ3v) is 7.42. The van der Waals surface area contributed by atoms with Crippen molar-refractivity contribution in [2.24, 2.45) is 11.7 Å². The molecule has 2 aromatic rings. The van der Waals surface area contributed by atoms with Gasteiger partial charge in [-0.3, -0.25) is 9.59 Å². The standard InChI is InChI=1S/C32H42N2O8S/c1-22(2)7-3-4-8-23(33)21-34-13-14-39-15-16-40-17-18-41-19-20-42-32(38)43-27-12-6-10-25-29(27)31(37)24-9-5-11-26(35)28(24)30(25)36/h5-6,9-12,21-22,34-35H,3-4,7-8,13-20,33H2,1-2H3/b23-21-. The summed E-state index contributed by atoms with van der Waals surface area (Å²) >= 11 is 0.728. The zero-order valence-electron chi connectivity index (χ0n) is 24.9. The minimum atomic E-state index is -0.623. The van der Waals surface area contributed by atoms with E-state index < -0.39 is 16.9 Å². The fourth-order valence-corrected chi connectivity index (χ4v) is 5.18. The number of fused-ring (bicyclic) bond motifs is 2. The van der Waals surface area contributed by atoms with E-state index in [1.165, 1.54) is 37.1 Å². The first-order chi connectivity index (χ1) is 20.8. The third-order valence-electron chi connectivity index (χ3n) is 6.57. The van der Waals surface area contributed by atoms with E-state index in [0.29, 0.717) is 44.5 Å². The predicted octanol–water partition coefficient (Wildman–Crippen LogP) is 5.05. The molecule has 0 fully saturated rings. The van der Waals surface area contributed by atoms with Crippen LogP contribution in [-0.2, 0) is 18.9 Å². The lowest BCUT2D eigenvalue weighted by Gasteiger charge is -2.20. The van der Waals surface area contributed by atoms with Crippen LogP contribution in [-0.4, -0.2) is 74.8 Å². The van der Waals surface area contributed by atoms with Gasteiger partial charge in [-0.25, -0.2) is 4.79 Å². The van der Waals surface area contributed by atoms with Gasteiger partial charge in [-0.1, -0.05) is 51.0 Å². The Bertz CT molecular complexity index is 1260. The number of aromatic hydroxyl groups is 1. The van der Waals surface area contributed by atoms with E-state index in [1.807, 2.05) is 6.20 Å². The maximum atomic E-state index is 13.1. The Labute approximate surface area is 257 Å². The van der Waals surface area contributed by atoms with E-state index in [1.54, 1.807) is 12.1 Å². The summed E-state index contributed by atoms with van der Waals surface area (Å²) in [5.74, 6) is -0.411. The highest BCUT2D eigenvalue weighted by Gasteiger charge is 2.34. The van der Waals surface area contributed by atoms with Gasteiger partial charge in [-0.05, 0) is 42.7 Å². The number of hydrogen-bond donors (Lipinski definition) is 3. The SMILES string of the molecule is CC(C)CCCC/C(N)=C/NCCOCCOCCOCCOC(=O)Sc1cccc2c1C(=O)c1cccc(O)c1C2=O. The number of allylic oxidation sites excluding steroid dienone is 1. The van der Waals surface area contributed by atoms with Crippen molar-refractivity contribution in [1.82, 2.24) is 5.32 Å². The highest BCUT2D eigenvalue weighted by atomic mass is 32.2. The first-order valence-corrected chi connectivity index (χ1v) is 15.4. The summed E-state index contributed by atoms with van der Waals surface area (Å²) in [5, 5.41) is 12.6. The van der Waals surface area contributed by atoms with E-state index in [4.69, 9.17) is 24.7 Å². The smallest absolute Gasteiger partial charge is 0.372 e. The number of phenols is 1. The first-order valence-electron chi connectivity index (χ1n) is 14.6. The van der Waals surface area contributed by atoms with Crippen molar-refractivity contribution < 1.29 is 38.4 Å². The van der Waals surface area contributed by atoms with E-state index in [-0.39, 0.29) is 41.2 Å². The summed E-state index contributed by atoms with van der Waals surface area (Å²) in [4.78, 5) is 38.7. The number of unbranched alkanes of at least 4 members (excludes halogenated alkanes) is 1. The minimum Gasteiger partial charge on any atom is -0.507 e. The van der Waals surface area contributed by atoms with Crippen molar-refractivity contribution >= 4 is 28.6 Å². The number of rotatable bonds is 19. The quantitative estimate of drug-likeness (QED) is 0.0947. The summed E-state index contributed by atoms with van der Waals surface area (Å²) in [6.07, 6.45) is 6.30. The molecule has 11 heteroatoms. The molecule has 0 aromatic heterocycles. The maximum Gasteiger partial charge on any atom is 0.372 e. The van der Waals surface area contributed by atoms with Gasteiger partial charge < -0.3 is 35.1 Å². The summed E-state index contributed by atoms with van der Waals surface area (Å²) in [7, 11) is 0. The summed E-state index contributed by atoms with van der Waals surface area (Å²) < 4.78 is 21.6. The fraction of sp³-hybridized carbons (Fsp3) is 0.469. The van der Waals surface area contributed by atoms with Gasteiger partial charge in [0.25, 0.3) is 0 Å². The van der Waals surface area contributed by atoms with Gasteiger partial charge >= 0.3 is 5.30 Å². The monoisotopic (exact) mass is 614 g/mol. The van der Waals surface area contributed by atoms with Crippen molar-refractivity contribution in [3.63, 3.8) is 0 Å². The van der Waals surface area contributed by atoms with Crippen LogP contribution < -0.4 is 11.1 Å². The van der Waals surface area contributed by atoms with Gasteiger partial charge in [0.15, 0.2) is 11.6 Å². The van der Waals surface area contributed by atoms with Gasteiger partial charge in [0, 0.05) is 40.0 Å².